The molecule has 0 aliphatic heterocycles. The number of hydrogen-bond acceptors (Lipinski definition) is 0. The van der Waals surface area contributed by atoms with Crippen molar-refractivity contribution in [2.75, 3.05) is 0 Å². The molecule has 11 heavy (non-hydrogen) atoms. The maximum Gasteiger partial charge on any atom is 0.0157 e. The van der Waals surface area contributed by atoms with Crippen LogP contribution in [-0.2, 0) is 6.42 Å². The maximum atomic E-state index is 3.53. The van der Waals surface area contributed by atoms with Gasteiger partial charge in [-0.15, -0.1) is 0 Å². The van der Waals surface area contributed by atoms with Crippen LogP contribution in [0.5, 0.6) is 0 Å². The van der Waals surface area contributed by atoms with Crippen LogP contribution in [0.25, 0.3) is 0 Å². The number of benzene rings is 1. The van der Waals surface area contributed by atoms with Gasteiger partial charge in [-0.25, -0.2) is 0 Å². The summed E-state index contributed by atoms with van der Waals surface area (Å²) >= 11 is 3.53. The highest BCUT2D eigenvalue weighted by Crippen LogP contribution is 2.09. The van der Waals surface area contributed by atoms with Gasteiger partial charge in [0.25, 0.3) is 0 Å². The van der Waals surface area contributed by atoms with Crippen molar-refractivity contribution in [1.29, 1.82) is 0 Å². The number of halogens is 1. The fraction of sp³-hybridized carbons (Fsp3) is 0.400. The molecule has 0 nitrogen and oxygen atoms in total. The molecular weight excluding hydrogens is 200 g/mol. The highest BCUT2D eigenvalue weighted by molar-refractivity contribution is 9.09. The summed E-state index contributed by atoms with van der Waals surface area (Å²) in [6.07, 6.45) is 1.11. The van der Waals surface area contributed by atoms with Crippen molar-refractivity contribution < 1.29 is 0 Å². The molecule has 0 saturated carbocycles. The largest absolute Gasteiger partial charge is 0.0890 e. The summed E-state index contributed by atoms with van der Waals surface area (Å²) in [5.41, 5.74) is 2.73. The quantitative estimate of drug-likeness (QED) is 0.661. The van der Waals surface area contributed by atoms with Crippen molar-refractivity contribution in [2.45, 2.75) is 25.1 Å². The third-order valence-corrected chi connectivity index (χ3v) is 1.96. The fourth-order valence-corrected chi connectivity index (χ4v) is 1.42. The lowest BCUT2D eigenvalue weighted by Gasteiger charge is -2.02. The zero-order valence-electron chi connectivity index (χ0n) is 6.97. The molecule has 0 amide bonds. The Balaban J connectivity index is 2.66. The Morgan fingerprint density at radius 3 is 2.27 bits per heavy atom. The van der Waals surface area contributed by atoms with Gasteiger partial charge in [-0.05, 0) is 18.9 Å². The molecule has 1 aromatic carbocycles. The predicted octanol–water partition coefficient (Wildman–Crippen LogP) is 3.32. The minimum Gasteiger partial charge on any atom is -0.0890 e. The Bertz CT molecular complexity index is 211. The number of hydrogen-bond donors (Lipinski definition) is 0. The van der Waals surface area contributed by atoms with Gasteiger partial charge in [0.05, 0.1) is 0 Å². The van der Waals surface area contributed by atoms with Crippen LogP contribution in [0, 0.1) is 6.92 Å². The summed E-state index contributed by atoms with van der Waals surface area (Å²) in [7, 11) is 0. The topological polar surface area (TPSA) is 0 Å². The molecule has 0 saturated heterocycles. The highest BCUT2D eigenvalue weighted by Gasteiger charge is 1.97. The molecule has 0 aliphatic rings. The summed E-state index contributed by atoms with van der Waals surface area (Å²) in [4.78, 5) is 0.574. The van der Waals surface area contributed by atoms with Crippen LogP contribution in [-0.4, -0.2) is 4.83 Å². The van der Waals surface area contributed by atoms with E-state index in [1.807, 2.05) is 0 Å². The van der Waals surface area contributed by atoms with Crippen LogP contribution in [0.4, 0.5) is 0 Å². The number of rotatable bonds is 2. The lowest BCUT2D eigenvalue weighted by molar-refractivity contribution is 0.959. The lowest BCUT2D eigenvalue weighted by Crippen LogP contribution is -1.95. The fourth-order valence-electron chi connectivity index (χ4n) is 1.05. The van der Waals surface area contributed by atoms with E-state index in [1.165, 1.54) is 11.1 Å². The van der Waals surface area contributed by atoms with Crippen LogP contribution in [0.1, 0.15) is 18.1 Å². The van der Waals surface area contributed by atoms with Gasteiger partial charge in [0.1, 0.15) is 0 Å². The van der Waals surface area contributed by atoms with Crippen molar-refractivity contribution in [3.05, 3.63) is 35.4 Å². The van der Waals surface area contributed by atoms with Crippen molar-refractivity contribution >= 4 is 15.9 Å². The van der Waals surface area contributed by atoms with Gasteiger partial charge in [0.15, 0.2) is 0 Å². The summed E-state index contributed by atoms with van der Waals surface area (Å²) in [6, 6.07) is 8.69. The van der Waals surface area contributed by atoms with E-state index in [0.717, 1.165) is 6.42 Å². The van der Waals surface area contributed by atoms with Gasteiger partial charge in [0, 0.05) is 4.83 Å². The van der Waals surface area contributed by atoms with E-state index in [4.69, 9.17) is 0 Å². The standard InChI is InChI=1S/C10H13Br/c1-8-3-5-10(6-4-8)7-9(2)11/h3-6,9H,7H2,1-2H3. The van der Waals surface area contributed by atoms with Crippen molar-refractivity contribution in [3.8, 4) is 0 Å². The molecule has 0 heterocycles. The van der Waals surface area contributed by atoms with Gasteiger partial charge in [-0.3, -0.25) is 0 Å². The molecule has 0 N–H and O–H groups in total. The summed E-state index contributed by atoms with van der Waals surface area (Å²) < 4.78 is 0. The molecule has 60 valence electrons. The zero-order valence-corrected chi connectivity index (χ0v) is 8.56. The Hall–Kier alpha value is -0.300. The first-order valence-electron chi connectivity index (χ1n) is 3.88. The van der Waals surface area contributed by atoms with E-state index >= 15 is 0 Å². The number of aryl methyl sites for hydroxylation is 1. The average Bonchev–Trinajstić information content (AvgIpc) is 1.93. The maximum absolute atomic E-state index is 3.53. The van der Waals surface area contributed by atoms with E-state index in [2.05, 4.69) is 54.0 Å². The molecule has 1 rings (SSSR count). The van der Waals surface area contributed by atoms with Gasteiger partial charge >= 0.3 is 0 Å². The molecule has 1 aromatic rings. The molecule has 0 fully saturated rings. The van der Waals surface area contributed by atoms with Gasteiger partial charge < -0.3 is 0 Å². The first kappa shape index (κ1) is 8.79. The first-order valence-corrected chi connectivity index (χ1v) is 4.79. The van der Waals surface area contributed by atoms with Crippen LogP contribution in [0.2, 0.25) is 0 Å². The average molecular weight is 213 g/mol. The summed E-state index contributed by atoms with van der Waals surface area (Å²) in [5, 5.41) is 0. The Morgan fingerprint density at radius 1 is 1.27 bits per heavy atom. The molecular formula is C10H13Br. The molecule has 1 heteroatoms. The molecule has 0 bridgehead atoms. The van der Waals surface area contributed by atoms with Crippen molar-refractivity contribution in [2.24, 2.45) is 0 Å². The normalized spacial score (nSPS) is 13.0. The minimum absolute atomic E-state index is 0.574. The van der Waals surface area contributed by atoms with Crippen LogP contribution in [0.3, 0.4) is 0 Å². The van der Waals surface area contributed by atoms with Crippen LogP contribution < -0.4 is 0 Å². The predicted molar refractivity (Wildman–Crippen MR) is 53.3 cm³/mol. The van der Waals surface area contributed by atoms with E-state index in [-0.39, 0.29) is 0 Å². The summed E-state index contributed by atoms with van der Waals surface area (Å²) in [5.74, 6) is 0. The van der Waals surface area contributed by atoms with Gasteiger partial charge in [-0.1, -0.05) is 52.7 Å². The van der Waals surface area contributed by atoms with E-state index in [9.17, 15) is 0 Å². The lowest BCUT2D eigenvalue weighted by atomic mass is 10.1. The Morgan fingerprint density at radius 2 is 1.82 bits per heavy atom. The third-order valence-electron chi connectivity index (χ3n) is 1.64. The molecule has 1 atom stereocenters. The second-order valence-corrected chi connectivity index (χ2v) is 4.53. The smallest absolute Gasteiger partial charge is 0.0157 e. The van der Waals surface area contributed by atoms with Crippen molar-refractivity contribution in [1.82, 2.24) is 0 Å². The molecule has 0 radical (unpaired) electrons. The van der Waals surface area contributed by atoms with E-state index < -0.39 is 0 Å². The van der Waals surface area contributed by atoms with Crippen LogP contribution >= 0.6 is 15.9 Å². The van der Waals surface area contributed by atoms with Gasteiger partial charge in [-0.2, -0.15) is 0 Å². The second-order valence-electron chi connectivity index (χ2n) is 2.97. The van der Waals surface area contributed by atoms with E-state index in [1.54, 1.807) is 0 Å². The Labute approximate surface area is 76.8 Å². The Kier molecular flexibility index (Phi) is 3.13. The summed E-state index contributed by atoms with van der Waals surface area (Å²) in [6.45, 7) is 4.28. The zero-order chi connectivity index (χ0) is 8.27. The highest BCUT2D eigenvalue weighted by atomic mass is 79.9. The minimum atomic E-state index is 0.574. The van der Waals surface area contributed by atoms with Crippen molar-refractivity contribution in [3.63, 3.8) is 0 Å². The molecule has 0 aromatic heterocycles. The molecule has 1 unspecified atom stereocenters. The molecule has 0 spiro atoms. The molecule has 0 aliphatic carbocycles. The van der Waals surface area contributed by atoms with Crippen LogP contribution in [0.15, 0.2) is 24.3 Å². The monoisotopic (exact) mass is 212 g/mol. The van der Waals surface area contributed by atoms with Gasteiger partial charge in [0.2, 0.25) is 0 Å². The first-order chi connectivity index (χ1) is 5.18. The SMILES string of the molecule is Cc1ccc(CC(C)Br)cc1. The third kappa shape index (κ3) is 3.06. The number of alkyl halides is 1. The second kappa shape index (κ2) is 3.91. The van der Waals surface area contributed by atoms with E-state index in [0.29, 0.717) is 4.83 Å².